The molecule has 0 aliphatic carbocycles. The Labute approximate surface area is 100 Å². The van der Waals surface area contributed by atoms with Gasteiger partial charge in [0.1, 0.15) is 11.8 Å². The van der Waals surface area contributed by atoms with Gasteiger partial charge in [0.15, 0.2) is 11.5 Å². The monoisotopic (exact) mass is 283 g/mol. The highest BCUT2D eigenvalue weighted by molar-refractivity contribution is 9.10. The molecule has 2 aromatic rings. The number of H-pyrrole nitrogens is 1. The summed E-state index contributed by atoms with van der Waals surface area (Å²) in [5, 5.41) is 2.71. The summed E-state index contributed by atoms with van der Waals surface area (Å²) in [5.41, 5.74) is 1.17. The van der Waals surface area contributed by atoms with Gasteiger partial charge >= 0.3 is 0 Å². The highest BCUT2D eigenvalue weighted by Gasteiger charge is 2.15. The number of imidazole rings is 1. The summed E-state index contributed by atoms with van der Waals surface area (Å²) in [6.07, 6.45) is 3.59. The van der Waals surface area contributed by atoms with Crippen LogP contribution in [0.3, 0.4) is 0 Å². The van der Waals surface area contributed by atoms with Crippen LogP contribution in [0.5, 0.6) is 0 Å². The Bertz CT molecular complexity index is 511. The fraction of sp³-hybridized carbons (Fsp3) is 0.333. The van der Waals surface area contributed by atoms with Gasteiger partial charge in [-0.15, -0.1) is 0 Å². The average molecular weight is 284 g/mol. The lowest BCUT2D eigenvalue weighted by Crippen LogP contribution is -2.22. The summed E-state index contributed by atoms with van der Waals surface area (Å²) >= 11 is 3.27. The van der Waals surface area contributed by atoms with Crippen LogP contribution in [-0.2, 0) is 4.79 Å². The van der Waals surface area contributed by atoms with E-state index in [-0.39, 0.29) is 10.7 Å². The summed E-state index contributed by atoms with van der Waals surface area (Å²) < 4.78 is 0. The van der Waals surface area contributed by atoms with E-state index < -0.39 is 0 Å². The van der Waals surface area contributed by atoms with E-state index >= 15 is 0 Å². The van der Waals surface area contributed by atoms with Crippen molar-refractivity contribution in [3.8, 4) is 0 Å². The molecule has 0 spiro atoms. The molecule has 1 atom stereocenters. The first-order valence-corrected chi connectivity index (χ1v) is 5.73. The molecule has 0 fully saturated rings. The first kappa shape index (κ1) is 11.0. The van der Waals surface area contributed by atoms with E-state index in [2.05, 4.69) is 41.2 Å². The molecular weight excluding hydrogens is 274 g/mol. The number of hydrogen-bond acceptors (Lipinski definition) is 4. The van der Waals surface area contributed by atoms with Crippen LogP contribution < -0.4 is 5.32 Å². The third-order valence-electron chi connectivity index (χ3n) is 2.11. The number of fused-ring (bicyclic) bond motifs is 1. The van der Waals surface area contributed by atoms with Crippen molar-refractivity contribution in [1.82, 2.24) is 19.9 Å². The van der Waals surface area contributed by atoms with Crippen molar-refractivity contribution in [2.45, 2.75) is 18.2 Å². The van der Waals surface area contributed by atoms with Gasteiger partial charge in [-0.3, -0.25) is 4.79 Å². The van der Waals surface area contributed by atoms with Gasteiger partial charge in [-0.25, -0.2) is 15.0 Å². The van der Waals surface area contributed by atoms with Crippen molar-refractivity contribution < 1.29 is 4.79 Å². The van der Waals surface area contributed by atoms with Gasteiger partial charge in [0, 0.05) is 0 Å². The smallest absolute Gasteiger partial charge is 0.239 e. The third kappa shape index (κ3) is 2.04. The minimum atomic E-state index is -0.222. The second-order valence-electron chi connectivity index (χ2n) is 3.19. The lowest BCUT2D eigenvalue weighted by atomic mass is 10.3. The maximum atomic E-state index is 11.7. The lowest BCUT2D eigenvalue weighted by Gasteiger charge is -2.07. The SMILES string of the molecule is CCC(Br)C(=O)Nc1ncnc2nc[nH]c12. The molecule has 0 saturated heterocycles. The molecule has 6 nitrogen and oxygen atoms in total. The number of carbonyl (C=O) groups is 1. The van der Waals surface area contributed by atoms with Gasteiger partial charge in [0.2, 0.25) is 5.91 Å². The Morgan fingerprint density at radius 2 is 2.38 bits per heavy atom. The van der Waals surface area contributed by atoms with Crippen molar-refractivity contribution in [1.29, 1.82) is 0 Å². The molecule has 2 aromatic heterocycles. The molecule has 1 amide bonds. The van der Waals surface area contributed by atoms with Crippen LogP contribution in [0.15, 0.2) is 12.7 Å². The lowest BCUT2D eigenvalue weighted by molar-refractivity contribution is -0.115. The van der Waals surface area contributed by atoms with Gasteiger partial charge in [-0.2, -0.15) is 0 Å². The number of nitrogens with zero attached hydrogens (tertiary/aromatic N) is 3. The van der Waals surface area contributed by atoms with Gasteiger partial charge in [0.05, 0.1) is 11.2 Å². The summed E-state index contributed by atoms with van der Waals surface area (Å²) in [4.78, 5) is 26.3. The minimum Gasteiger partial charge on any atom is -0.340 e. The van der Waals surface area contributed by atoms with Gasteiger partial charge in [-0.1, -0.05) is 22.9 Å². The van der Waals surface area contributed by atoms with E-state index in [1.165, 1.54) is 12.7 Å². The first-order valence-electron chi connectivity index (χ1n) is 4.81. The second-order valence-corrected chi connectivity index (χ2v) is 4.29. The molecule has 0 aromatic carbocycles. The van der Waals surface area contributed by atoms with E-state index in [9.17, 15) is 4.79 Å². The predicted molar refractivity (Wildman–Crippen MR) is 63.3 cm³/mol. The van der Waals surface area contributed by atoms with Gasteiger partial charge in [0.25, 0.3) is 0 Å². The Hall–Kier alpha value is -1.50. The van der Waals surface area contributed by atoms with E-state index in [0.717, 1.165) is 0 Å². The van der Waals surface area contributed by atoms with Crippen molar-refractivity contribution in [2.75, 3.05) is 5.32 Å². The van der Waals surface area contributed by atoms with Gasteiger partial charge < -0.3 is 10.3 Å². The van der Waals surface area contributed by atoms with Crippen LogP contribution in [-0.4, -0.2) is 30.7 Å². The van der Waals surface area contributed by atoms with Crippen molar-refractivity contribution >= 4 is 38.8 Å². The number of amides is 1. The largest absolute Gasteiger partial charge is 0.340 e. The summed E-state index contributed by atoms with van der Waals surface area (Å²) in [7, 11) is 0. The van der Waals surface area contributed by atoms with E-state index in [1.54, 1.807) is 0 Å². The predicted octanol–water partition coefficient (Wildman–Crippen LogP) is 1.46. The summed E-state index contributed by atoms with van der Waals surface area (Å²) in [6.45, 7) is 1.92. The number of hydrogen-bond donors (Lipinski definition) is 2. The number of aromatic nitrogens is 4. The molecule has 84 valence electrons. The van der Waals surface area contributed by atoms with Crippen molar-refractivity contribution in [3.63, 3.8) is 0 Å². The zero-order chi connectivity index (χ0) is 11.5. The van der Waals surface area contributed by atoms with Crippen LogP contribution in [0.25, 0.3) is 11.2 Å². The number of nitrogens with one attached hydrogen (secondary N) is 2. The molecule has 0 aliphatic rings. The molecule has 0 bridgehead atoms. The van der Waals surface area contributed by atoms with Crippen LogP contribution in [0.1, 0.15) is 13.3 Å². The summed E-state index contributed by atoms with van der Waals surface area (Å²) in [6, 6.07) is 0. The number of carbonyl (C=O) groups excluding carboxylic acids is 1. The standard InChI is InChI=1S/C9H10BrN5O/c1-2-5(10)9(16)15-8-6-7(12-3-11-6)13-4-14-8/h3-5H,2H2,1H3,(H2,11,12,13,14,15,16). The highest BCUT2D eigenvalue weighted by Crippen LogP contribution is 2.16. The van der Waals surface area contributed by atoms with E-state index in [1.807, 2.05) is 6.92 Å². The Balaban J connectivity index is 2.27. The molecule has 7 heteroatoms. The van der Waals surface area contributed by atoms with E-state index in [0.29, 0.717) is 23.4 Å². The number of aromatic amines is 1. The zero-order valence-corrected chi connectivity index (χ0v) is 10.2. The number of rotatable bonds is 3. The molecule has 2 rings (SSSR count). The average Bonchev–Trinajstić information content (AvgIpc) is 2.77. The fourth-order valence-electron chi connectivity index (χ4n) is 1.24. The molecule has 2 heterocycles. The van der Waals surface area contributed by atoms with Crippen LogP contribution >= 0.6 is 15.9 Å². The van der Waals surface area contributed by atoms with E-state index in [4.69, 9.17) is 0 Å². The molecular formula is C9H10BrN5O. The molecule has 16 heavy (non-hydrogen) atoms. The second kappa shape index (κ2) is 4.56. The number of halogens is 1. The summed E-state index contributed by atoms with van der Waals surface area (Å²) in [5.74, 6) is 0.322. The maximum Gasteiger partial charge on any atom is 0.239 e. The van der Waals surface area contributed by atoms with Crippen LogP contribution in [0, 0.1) is 0 Å². The van der Waals surface area contributed by atoms with Crippen molar-refractivity contribution in [2.24, 2.45) is 0 Å². The number of alkyl halides is 1. The fourth-order valence-corrected chi connectivity index (χ4v) is 1.35. The van der Waals surface area contributed by atoms with Gasteiger partial charge in [-0.05, 0) is 6.42 Å². The molecule has 0 aliphatic heterocycles. The van der Waals surface area contributed by atoms with Crippen molar-refractivity contribution in [3.05, 3.63) is 12.7 Å². The zero-order valence-electron chi connectivity index (χ0n) is 8.57. The Morgan fingerprint density at radius 1 is 1.56 bits per heavy atom. The Morgan fingerprint density at radius 3 is 3.12 bits per heavy atom. The molecule has 0 saturated carbocycles. The van der Waals surface area contributed by atoms with Crippen LogP contribution in [0.4, 0.5) is 5.82 Å². The molecule has 2 N–H and O–H groups in total. The molecule has 1 unspecified atom stereocenters. The first-order chi connectivity index (χ1) is 7.72. The molecule has 0 radical (unpaired) electrons. The minimum absolute atomic E-state index is 0.128. The normalized spacial score (nSPS) is 12.6. The third-order valence-corrected chi connectivity index (χ3v) is 3.17. The van der Waals surface area contributed by atoms with Crippen LogP contribution in [0.2, 0.25) is 0 Å². The highest BCUT2D eigenvalue weighted by atomic mass is 79.9. The maximum absolute atomic E-state index is 11.7. The number of anilines is 1. The quantitative estimate of drug-likeness (QED) is 0.836. The topological polar surface area (TPSA) is 83.6 Å². The Kier molecular flexibility index (Phi) is 3.14.